The van der Waals surface area contributed by atoms with Gasteiger partial charge in [-0.05, 0) is 31.6 Å². The van der Waals surface area contributed by atoms with Crippen molar-refractivity contribution in [3.05, 3.63) is 0 Å². The monoisotopic (exact) mass is 168 g/mol. The largest absolute Gasteiger partial charge is 0.326 e. The van der Waals surface area contributed by atoms with Gasteiger partial charge in [0.2, 0.25) is 0 Å². The zero-order valence-corrected chi connectivity index (χ0v) is 7.76. The third kappa shape index (κ3) is 1.50. The molecule has 2 heteroatoms. The highest BCUT2D eigenvalue weighted by molar-refractivity contribution is 5.08. The zero-order valence-electron chi connectivity index (χ0n) is 7.76. The SMILES string of the molecule is NC(C1CCCCC1)C1(N)CC1. The van der Waals surface area contributed by atoms with Crippen LogP contribution in [0.5, 0.6) is 0 Å². The van der Waals surface area contributed by atoms with Gasteiger partial charge in [0.25, 0.3) is 0 Å². The quantitative estimate of drug-likeness (QED) is 0.654. The Morgan fingerprint density at radius 1 is 1.08 bits per heavy atom. The van der Waals surface area contributed by atoms with Crippen LogP contribution in [0.3, 0.4) is 0 Å². The molecule has 2 aliphatic rings. The van der Waals surface area contributed by atoms with Crippen LogP contribution in [0.15, 0.2) is 0 Å². The van der Waals surface area contributed by atoms with Gasteiger partial charge in [0.15, 0.2) is 0 Å². The van der Waals surface area contributed by atoms with Gasteiger partial charge in [0.05, 0.1) is 0 Å². The Hall–Kier alpha value is -0.0800. The molecule has 0 aliphatic heterocycles. The van der Waals surface area contributed by atoms with Crippen molar-refractivity contribution in [1.29, 1.82) is 0 Å². The molecule has 2 nitrogen and oxygen atoms in total. The van der Waals surface area contributed by atoms with E-state index in [1.807, 2.05) is 0 Å². The first-order chi connectivity index (χ1) is 5.72. The third-order valence-electron chi connectivity index (χ3n) is 3.65. The molecule has 0 amide bonds. The Kier molecular flexibility index (Phi) is 2.13. The molecule has 0 saturated heterocycles. The highest BCUT2D eigenvalue weighted by Gasteiger charge is 2.46. The highest BCUT2D eigenvalue weighted by Crippen LogP contribution is 2.41. The molecule has 2 fully saturated rings. The first-order valence-corrected chi connectivity index (χ1v) is 5.27. The van der Waals surface area contributed by atoms with Crippen LogP contribution in [0.1, 0.15) is 44.9 Å². The van der Waals surface area contributed by atoms with Crippen molar-refractivity contribution in [2.45, 2.75) is 56.5 Å². The van der Waals surface area contributed by atoms with E-state index in [1.165, 1.54) is 32.1 Å². The lowest BCUT2D eigenvalue weighted by Gasteiger charge is -2.31. The zero-order chi connectivity index (χ0) is 8.60. The maximum atomic E-state index is 6.16. The molecular formula is C10H20N2. The van der Waals surface area contributed by atoms with E-state index in [2.05, 4.69) is 0 Å². The van der Waals surface area contributed by atoms with Crippen LogP contribution in [0.25, 0.3) is 0 Å². The Bertz CT molecular complexity index is 157. The second-order valence-electron chi connectivity index (χ2n) is 4.66. The number of rotatable bonds is 2. The van der Waals surface area contributed by atoms with E-state index < -0.39 is 0 Å². The molecule has 12 heavy (non-hydrogen) atoms. The summed E-state index contributed by atoms with van der Waals surface area (Å²) in [6, 6.07) is 0.290. The van der Waals surface area contributed by atoms with Crippen LogP contribution in [0.2, 0.25) is 0 Å². The van der Waals surface area contributed by atoms with Gasteiger partial charge in [0, 0.05) is 11.6 Å². The normalized spacial score (nSPS) is 31.5. The topological polar surface area (TPSA) is 52.0 Å². The van der Waals surface area contributed by atoms with E-state index in [1.54, 1.807) is 0 Å². The summed E-state index contributed by atoms with van der Waals surface area (Å²) in [6.45, 7) is 0. The van der Waals surface area contributed by atoms with Crippen molar-refractivity contribution in [3.63, 3.8) is 0 Å². The molecule has 2 aliphatic carbocycles. The van der Waals surface area contributed by atoms with Crippen molar-refractivity contribution in [2.24, 2.45) is 17.4 Å². The number of nitrogens with two attached hydrogens (primary N) is 2. The number of hydrogen-bond donors (Lipinski definition) is 2. The molecule has 0 bridgehead atoms. The van der Waals surface area contributed by atoms with Crippen LogP contribution < -0.4 is 11.5 Å². The second kappa shape index (κ2) is 3.00. The number of hydrogen-bond acceptors (Lipinski definition) is 2. The lowest BCUT2D eigenvalue weighted by molar-refractivity contribution is 0.269. The molecule has 4 N–H and O–H groups in total. The van der Waals surface area contributed by atoms with Gasteiger partial charge in [-0.25, -0.2) is 0 Å². The van der Waals surface area contributed by atoms with Gasteiger partial charge < -0.3 is 11.5 Å². The molecule has 0 heterocycles. The van der Waals surface area contributed by atoms with Gasteiger partial charge in [-0.2, -0.15) is 0 Å². The summed E-state index contributed by atoms with van der Waals surface area (Å²) >= 11 is 0. The first kappa shape index (κ1) is 8.52. The third-order valence-corrected chi connectivity index (χ3v) is 3.65. The van der Waals surface area contributed by atoms with Crippen LogP contribution in [0.4, 0.5) is 0 Å². The molecule has 1 atom stereocenters. The van der Waals surface area contributed by atoms with E-state index in [0.717, 1.165) is 18.8 Å². The second-order valence-corrected chi connectivity index (χ2v) is 4.66. The minimum atomic E-state index is 0.0437. The van der Waals surface area contributed by atoms with Crippen molar-refractivity contribution < 1.29 is 0 Å². The molecule has 0 radical (unpaired) electrons. The minimum Gasteiger partial charge on any atom is -0.326 e. The maximum Gasteiger partial charge on any atom is 0.0311 e. The fourth-order valence-corrected chi connectivity index (χ4v) is 2.44. The van der Waals surface area contributed by atoms with Gasteiger partial charge in [-0.1, -0.05) is 19.3 Å². The Balaban J connectivity index is 1.89. The summed E-state index contributed by atoms with van der Waals surface area (Å²) < 4.78 is 0. The Labute approximate surface area is 74.7 Å². The van der Waals surface area contributed by atoms with Gasteiger partial charge in [0.1, 0.15) is 0 Å². The Morgan fingerprint density at radius 2 is 1.67 bits per heavy atom. The predicted octanol–water partition coefficient (Wildman–Crippen LogP) is 1.39. The fraction of sp³-hybridized carbons (Fsp3) is 1.00. The van der Waals surface area contributed by atoms with E-state index >= 15 is 0 Å². The summed E-state index contributed by atoms with van der Waals surface area (Å²) in [5, 5.41) is 0. The predicted molar refractivity (Wildman–Crippen MR) is 50.7 cm³/mol. The first-order valence-electron chi connectivity index (χ1n) is 5.27. The van der Waals surface area contributed by atoms with Gasteiger partial charge in [-0.15, -0.1) is 0 Å². The smallest absolute Gasteiger partial charge is 0.0311 e. The molecule has 2 saturated carbocycles. The standard InChI is InChI=1S/C10H20N2/c11-9(10(12)6-7-10)8-4-2-1-3-5-8/h8-9H,1-7,11-12H2. The van der Waals surface area contributed by atoms with Crippen LogP contribution >= 0.6 is 0 Å². The van der Waals surface area contributed by atoms with Crippen molar-refractivity contribution in [1.82, 2.24) is 0 Å². The molecule has 0 aromatic heterocycles. The average Bonchev–Trinajstić information content (AvgIpc) is 2.85. The molecule has 0 aromatic carbocycles. The van der Waals surface area contributed by atoms with Gasteiger partial charge in [-0.3, -0.25) is 0 Å². The summed E-state index contributed by atoms with van der Waals surface area (Å²) in [6.07, 6.45) is 9.10. The molecule has 70 valence electrons. The Morgan fingerprint density at radius 3 is 2.17 bits per heavy atom. The summed E-state index contributed by atoms with van der Waals surface area (Å²) in [5.41, 5.74) is 12.3. The van der Waals surface area contributed by atoms with Crippen LogP contribution in [-0.2, 0) is 0 Å². The van der Waals surface area contributed by atoms with Crippen molar-refractivity contribution in [3.8, 4) is 0 Å². The van der Waals surface area contributed by atoms with Crippen molar-refractivity contribution >= 4 is 0 Å². The summed E-state index contributed by atoms with van der Waals surface area (Å²) in [7, 11) is 0. The maximum absolute atomic E-state index is 6.16. The van der Waals surface area contributed by atoms with E-state index in [9.17, 15) is 0 Å². The molecule has 0 spiro atoms. The van der Waals surface area contributed by atoms with E-state index in [-0.39, 0.29) is 11.6 Å². The highest BCUT2D eigenvalue weighted by atomic mass is 14.9. The van der Waals surface area contributed by atoms with Crippen LogP contribution in [-0.4, -0.2) is 11.6 Å². The summed E-state index contributed by atoms with van der Waals surface area (Å²) in [5.74, 6) is 0.728. The summed E-state index contributed by atoms with van der Waals surface area (Å²) in [4.78, 5) is 0. The molecule has 0 aromatic rings. The lowest BCUT2D eigenvalue weighted by atomic mass is 9.81. The van der Waals surface area contributed by atoms with Gasteiger partial charge >= 0.3 is 0 Å². The average molecular weight is 168 g/mol. The fourth-order valence-electron chi connectivity index (χ4n) is 2.44. The van der Waals surface area contributed by atoms with Crippen molar-refractivity contribution in [2.75, 3.05) is 0 Å². The van der Waals surface area contributed by atoms with E-state index in [0.29, 0.717) is 0 Å². The minimum absolute atomic E-state index is 0.0437. The molecule has 2 rings (SSSR count). The lowest BCUT2D eigenvalue weighted by Crippen LogP contribution is -2.49. The molecular weight excluding hydrogens is 148 g/mol. The van der Waals surface area contributed by atoms with Crippen LogP contribution in [0, 0.1) is 5.92 Å². The molecule has 1 unspecified atom stereocenters. The van der Waals surface area contributed by atoms with E-state index in [4.69, 9.17) is 11.5 Å².